The Bertz CT molecular complexity index is 815. The first kappa shape index (κ1) is 33.3. The molecule has 3 aliphatic rings. The summed E-state index contributed by atoms with van der Waals surface area (Å²) in [5.41, 5.74) is 23.1. The molecule has 18 heteroatoms. The van der Waals surface area contributed by atoms with E-state index in [0.717, 1.165) is 0 Å². The van der Waals surface area contributed by atoms with Crippen molar-refractivity contribution < 1.29 is 64.6 Å². The van der Waals surface area contributed by atoms with Crippen molar-refractivity contribution in [2.45, 2.75) is 111 Å². The van der Waals surface area contributed by atoms with Gasteiger partial charge in [-0.2, -0.15) is 0 Å². The zero-order chi connectivity index (χ0) is 29.9. The molecule has 18 nitrogen and oxygen atoms in total. The second-order valence-electron chi connectivity index (χ2n) is 10.3. The number of carbonyl (C=O) groups excluding carboxylic acids is 1. The van der Waals surface area contributed by atoms with Crippen molar-refractivity contribution in [1.29, 1.82) is 0 Å². The van der Waals surface area contributed by atoms with Crippen molar-refractivity contribution in [3.05, 3.63) is 0 Å². The fourth-order valence-electron chi connectivity index (χ4n) is 5.07. The van der Waals surface area contributed by atoms with Crippen molar-refractivity contribution in [3.8, 4) is 0 Å². The number of amides is 1. The van der Waals surface area contributed by atoms with E-state index in [1.807, 2.05) is 0 Å². The highest BCUT2D eigenvalue weighted by molar-refractivity contribution is 5.80. The summed E-state index contributed by atoms with van der Waals surface area (Å²) in [5, 5.41) is 84.9. The Morgan fingerprint density at radius 1 is 0.850 bits per heavy atom. The van der Waals surface area contributed by atoms with E-state index in [-0.39, 0.29) is 25.9 Å². The molecule has 40 heavy (non-hydrogen) atoms. The van der Waals surface area contributed by atoms with E-state index in [1.54, 1.807) is 0 Å². The number of aliphatic hydroxyl groups is 8. The van der Waals surface area contributed by atoms with E-state index < -0.39 is 110 Å². The SMILES string of the molecule is NCC[C@H](O)C(=O)N[C@H]1C[C@H](N)[C@@H](O[C@@H]2O[C@@H](CN)[C@@H](O)[C@@H](O)[C@@H]2O)[C@H](O)[C@H]1O[C@@H]1O[C@@H](CO)[C@@H](O)[C@@H](N)[C@@H]1O. The molecule has 0 aromatic heterocycles. The minimum Gasteiger partial charge on any atom is -0.394 e. The number of carbonyl (C=O) groups is 1. The fourth-order valence-corrected chi connectivity index (χ4v) is 5.07. The molecule has 0 radical (unpaired) electrons. The molecule has 0 unspecified atom stereocenters. The molecule has 1 aliphatic carbocycles. The molecule has 1 amide bonds. The molecule has 0 aromatic carbocycles. The second-order valence-corrected chi connectivity index (χ2v) is 10.3. The second kappa shape index (κ2) is 14.3. The van der Waals surface area contributed by atoms with Crippen LogP contribution in [-0.2, 0) is 23.7 Å². The third-order valence-corrected chi connectivity index (χ3v) is 7.51. The van der Waals surface area contributed by atoms with Gasteiger partial charge in [0.2, 0.25) is 5.91 Å². The van der Waals surface area contributed by atoms with Gasteiger partial charge < -0.3 is 88.1 Å². The summed E-state index contributed by atoms with van der Waals surface area (Å²) in [6.45, 7) is -0.898. The Hall–Kier alpha value is -1.17. The van der Waals surface area contributed by atoms with Crippen LogP contribution in [0.2, 0.25) is 0 Å². The zero-order valence-corrected chi connectivity index (χ0v) is 21.7. The van der Waals surface area contributed by atoms with Crippen molar-refractivity contribution in [1.82, 2.24) is 5.32 Å². The van der Waals surface area contributed by atoms with Gasteiger partial charge in [0.15, 0.2) is 12.6 Å². The number of hydrogen-bond donors (Lipinski definition) is 13. The van der Waals surface area contributed by atoms with Crippen LogP contribution in [0.1, 0.15) is 12.8 Å². The van der Waals surface area contributed by atoms with Crippen LogP contribution in [0.5, 0.6) is 0 Å². The average Bonchev–Trinajstić information content (AvgIpc) is 2.92. The largest absolute Gasteiger partial charge is 0.394 e. The molecule has 1 saturated carbocycles. The molecule has 0 aromatic rings. The Morgan fingerprint density at radius 2 is 1.45 bits per heavy atom. The smallest absolute Gasteiger partial charge is 0.249 e. The van der Waals surface area contributed by atoms with E-state index in [4.69, 9.17) is 41.9 Å². The fraction of sp³-hybridized carbons (Fsp3) is 0.955. The van der Waals surface area contributed by atoms with E-state index in [0.29, 0.717) is 0 Å². The minimum atomic E-state index is -1.76. The molecule has 0 bridgehead atoms. The topological polar surface area (TPSA) is 332 Å². The predicted molar refractivity (Wildman–Crippen MR) is 131 cm³/mol. The normalized spacial score (nSPS) is 47.0. The van der Waals surface area contributed by atoms with Crippen LogP contribution in [0.15, 0.2) is 0 Å². The summed E-state index contributed by atoms with van der Waals surface area (Å²) in [5.74, 6) is -0.845. The quantitative estimate of drug-likeness (QED) is 0.113. The van der Waals surface area contributed by atoms with Gasteiger partial charge in [-0.05, 0) is 19.4 Å². The number of aliphatic hydroxyl groups excluding tert-OH is 8. The maximum absolute atomic E-state index is 12.6. The predicted octanol–water partition coefficient (Wildman–Crippen LogP) is -8.42. The molecule has 234 valence electrons. The number of rotatable bonds is 10. The molecule has 2 saturated heterocycles. The third kappa shape index (κ3) is 7.06. The van der Waals surface area contributed by atoms with E-state index in [1.165, 1.54) is 0 Å². The Balaban J connectivity index is 1.85. The monoisotopic (exact) mass is 585 g/mol. The highest BCUT2D eigenvalue weighted by atomic mass is 16.7. The summed E-state index contributed by atoms with van der Waals surface area (Å²) in [6, 6.07) is -3.45. The van der Waals surface area contributed by atoms with Crippen LogP contribution in [0.25, 0.3) is 0 Å². The molecular weight excluding hydrogens is 542 g/mol. The molecule has 0 spiro atoms. The van der Waals surface area contributed by atoms with Gasteiger partial charge in [-0.25, -0.2) is 0 Å². The summed E-state index contributed by atoms with van der Waals surface area (Å²) in [4.78, 5) is 12.6. The first-order valence-electron chi connectivity index (χ1n) is 13.1. The number of nitrogens with two attached hydrogens (primary N) is 4. The Labute approximate surface area is 229 Å². The number of hydrogen-bond acceptors (Lipinski definition) is 17. The van der Waals surface area contributed by atoms with Gasteiger partial charge in [0.1, 0.15) is 67.1 Å². The number of nitrogens with one attached hydrogen (secondary N) is 1. The lowest BCUT2D eigenvalue weighted by atomic mass is 9.83. The summed E-state index contributed by atoms with van der Waals surface area (Å²) in [6.07, 6.45) is -19.8. The van der Waals surface area contributed by atoms with Crippen LogP contribution in [-0.4, -0.2) is 164 Å². The van der Waals surface area contributed by atoms with Gasteiger partial charge in [0.05, 0.1) is 18.7 Å². The van der Waals surface area contributed by atoms with Gasteiger partial charge in [-0.3, -0.25) is 4.79 Å². The first-order valence-corrected chi connectivity index (χ1v) is 13.1. The Morgan fingerprint density at radius 3 is 2.05 bits per heavy atom. The molecule has 2 heterocycles. The van der Waals surface area contributed by atoms with Crippen molar-refractivity contribution in [2.75, 3.05) is 19.7 Å². The molecular formula is C22H43N5O13. The van der Waals surface area contributed by atoms with Crippen molar-refractivity contribution in [2.24, 2.45) is 22.9 Å². The highest BCUT2D eigenvalue weighted by Crippen LogP contribution is 2.32. The summed E-state index contributed by atoms with van der Waals surface area (Å²) >= 11 is 0. The molecule has 17 N–H and O–H groups in total. The van der Waals surface area contributed by atoms with Gasteiger partial charge in [0, 0.05) is 12.6 Å². The third-order valence-electron chi connectivity index (χ3n) is 7.51. The van der Waals surface area contributed by atoms with Gasteiger partial charge >= 0.3 is 0 Å². The van der Waals surface area contributed by atoms with Crippen LogP contribution in [0.4, 0.5) is 0 Å². The highest BCUT2D eigenvalue weighted by Gasteiger charge is 2.52. The minimum absolute atomic E-state index is 0.0101. The molecule has 2 aliphatic heterocycles. The molecule has 3 fully saturated rings. The number of ether oxygens (including phenoxy) is 4. The van der Waals surface area contributed by atoms with Crippen LogP contribution >= 0.6 is 0 Å². The van der Waals surface area contributed by atoms with E-state index in [9.17, 15) is 45.6 Å². The molecule has 16 atom stereocenters. The standard InChI is InChI=1S/C22H43N5O13/c23-2-1-8(29)20(36)27-7-3-6(25)18(39-22-16(34)15(33)13(31)9(4-24)37-22)17(35)19(7)40-21-14(32)11(26)12(30)10(5-28)38-21/h6-19,21-22,28-35H,1-5,23-26H2,(H,27,36)/t6-,7-,8-,9-,10-,11+,12+,13+,14-,15+,16-,17-,18+,19-,21-,22-/m0/s1. The lowest BCUT2D eigenvalue weighted by molar-refractivity contribution is -0.332. The van der Waals surface area contributed by atoms with Gasteiger partial charge in [-0.15, -0.1) is 0 Å². The van der Waals surface area contributed by atoms with Crippen molar-refractivity contribution >= 4 is 5.91 Å². The van der Waals surface area contributed by atoms with Crippen LogP contribution < -0.4 is 28.3 Å². The lowest BCUT2D eigenvalue weighted by Gasteiger charge is -2.49. The summed E-state index contributed by atoms with van der Waals surface area (Å²) in [7, 11) is 0. The summed E-state index contributed by atoms with van der Waals surface area (Å²) < 4.78 is 22.5. The van der Waals surface area contributed by atoms with E-state index in [2.05, 4.69) is 5.32 Å². The van der Waals surface area contributed by atoms with Crippen LogP contribution in [0.3, 0.4) is 0 Å². The Kier molecular flexibility index (Phi) is 11.9. The van der Waals surface area contributed by atoms with E-state index >= 15 is 0 Å². The first-order chi connectivity index (χ1) is 18.9. The maximum Gasteiger partial charge on any atom is 0.249 e. The van der Waals surface area contributed by atoms with Crippen LogP contribution in [0, 0.1) is 0 Å². The zero-order valence-electron chi connectivity index (χ0n) is 21.7. The molecule has 3 rings (SSSR count). The maximum atomic E-state index is 12.6. The average molecular weight is 586 g/mol. The lowest BCUT2D eigenvalue weighted by Crippen LogP contribution is -2.69. The van der Waals surface area contributed by atoms with Gasteiger partial charge in [-0.1, -0.05) is 0 Å². The van der Waals surface area contributed by atoms with Gasteiger partial charge in [0.25, 0.3) is 0 Å². The van der Waals surface area contributed by atoms with Crippen molar-refractivity contribution in [3.63, 3.8) is 0 Å².